The van der Waals surface area contributed by atoms with Gasteiger partial charge in [-0.3, -0.25) is 0 Å². The fourth-order valence-electron chi connectivity index (χ4n) is 1.11. The molecular formula is C6H13KO2Si. The normalized spacial score (nSPS) is 34.2. The topological polar surface area (TPSA) is 32.3 Å². The summed E-state index contributed by atoms with van der Waals surface area (Å²) in [6.45, 7) is 2.72. The van der Waals surface area contributed by atoms with Gasteiger partial charge in [0.05, 0.1) is 0 Å². The zero-order valence-corrected chi connectivity index (χ0v) is 11.4. The van der Waals surface area contributed by atoms with Crippen molar-refractivity contribution in [2.45, 2.75) is 31.2 Å². The number of hydrogen-bond acceptors (Lipinski definition) is 2. The first-order valence-corrected chi connectivity index (χ1v) is 5.73. The van der Waals surface area contributed by atoms with E-state index in [0.717, 1.165) is 19.3 Å². The minimum Gasteiger partial charge on any atom is -0.831 e. The van der Waals surface area contributed by atoms with Crippen LogP contribution in [0.15, 0.2) is 0 Å². The van der Waals surface area contributed by atoms with E-state index in [9.17, 15) is 5.11 Å². The summed E-state index contributed by atoms with van der Waals surface area (Å²) >= 11 is 0. The van der Waals surface area contributed by atoms with Crippen LogP contribution in [0.5, 0.6) is 0 Å². The maximum atomic E-state index is 11.3. The maximum absolute atomic E-state index is 11.3. The fourth-order valence-corrected chi connectivity index (χ4v) is 2.06. The standard InChI is InChI=1S/C6H13O2Si.K/c1-9-6(7)4-2-3-5-8-6;/h2-5,9H2,1H3;/q-1;+1. The molecule has 0 aromatic heterocycles. The van der Waals surface area contributed by atoms with Gasteiger partial charge in [0.25, 0.3) is 0 Å². The molecule has 0 amide bonds. The van der Waals surface area contributed by atoms with E-state index in [2.05, 4.69) is 0 Å². The summed E-state index contributed by atoms with van der Waals surface area (Å²) in [5.41, 5.74) is -0.891. The van der Waals surface area contributed by atoms with Gasteiger partial charge in [-0.15, -0.1) is 0 Å². The van der Waals surface area contributed by atoms with Crippen LogP contribution in [0.4, 0.5) is 0 Å². The van der Waals surface area contributed by atoms with Gasteiger partial charge in [0, 0.05) is 16.1 Å². The Hall–Kier alpha value is 1.77. The molecule has 1 aliphatic heterocycles. The van der Waals surface area contributed by atoms with Crippen molar-refractivity contribution >= 4 is 9.52 Å². The molecule has 0 spiro atoms. The van der Waals surface area contributed by atoms with Gasteiger partial charge in [0.1, 0.15) is 0 Å². The third kappa shape index (κ3) is 3.45. The Morgan fingerprint density at radius 2 is 2.20 bits per heavy atom. The third-order valence-electron chi connectivity index (χ3n) is 1.86. The van der Waals surface area contributed by atoms with Crippen molar-refractivity contribution in [3.8, 4) is 0 Å². The minimum absolute atomic E-state index is 0. The van der Waals surface area contributed by atoms with Crippen LogP contribution in [0.1, 0.15) is 19.3 Å². The molecule has 1 saturated heterocycles. The monoisotopic (exact) mass is 184 g/mol. The van der Waals surface area contributed by atoms with Crippen molar-refractivity contribution in [3.63, 3.8) is 0 Å². The van der Waals surface area contributed by atoms with Gasteiger partial charge in [0.2, 0.25) is 0 Å². The average molecular weight is 184 g/mol. The van der Waals surface area contributed by atoms with E-state index in [1.165, 1.54) is 0 Å². The van der Waals surface area contributed by atoms with E-state index in [1.807, 2.05) is 6.55 Å². The van der Waals surface area contributed by atoms with E-state index in [1.54, 1.807) is 0 Å². The van der Waals surface area contributed by atoms with Crippen molar-refractivity contribution in [2.24, 2.45) is 0 Å². The number of ether oxygens (including phenoxy) is 1. The van der Waals surface area contributed by atoms with E-state index in [4.69, 9.17) is 4.74 Å². The molecule has 0 N–H and O–H groups in total. The number of rotatable bonds is 1. The molecule has 10 heavy (non-hydrogen) atoms. The molecule has 0 aromatic carbocycles. The van der Waals surface area contributed by atoms with Gasteiger partial charge in [0.15, 0.2) is 0 Å². The van der Waals surface area contributed by atoms with Gasteiger partial charge in [-0.1, -0.05) is 13.0 Å². The van der Waals surface area contributed by atoms with Crippen LogP contribution < -0.4 is 56.5 Å². The van der Waals surface area contributed by atoms with Gasteiger partial charge in [-0.2, -0.15) is 0 Å². The molecule has 0 radical (unpaired) electrons. The second-order valence-corrected chi connectivity index (χ2v) is 4.35. The van der Waals surface area contributed by atoms with Gasteiger partial charge < -0.3 is 9.84 Å². The summed E-state index contributed by atoms with van der Waals surface area (Å²) in [6.07, 6.45) is 2.92. The number of hydrogen-bond donors (Lipinski definition) is 0. The SMILES string of the molecule is C[SiH2]C1([O-])CCCCO1.[K+]. The first kappa shape index (κ1) is 11.8. The summed E-state index contributed by atoms with van der Waals surface area (Å²) in [5.74, 6) is 0. The fraction of sp³-hybridized carbons (Fsp3) is 1.00. The van der Waals surface area contributed by atoms with Crippen LogP contribution in [0, 0.1) is 0 Å². The molecule has 1 rings (SSSR count). The largest absolute Gasteiger partial charge is 1.00 e. The molecule has 2 nitrogen and oxygen atoms in total. The molecule has 0 bridgehead atoms. The molecule has 54 valence electrons. The zero-order chi connectivity index (χ0) is 6.74. The Balaban J connectivity index is 0.000000810. The van der Waals surface area contributed by atoms with Crippen LogP contribution in [-0.4, -0.2) is 21.5 Å². The smallest absolute Gasteiger partial charge is 0.831 e. The average Bonchev–Trinajstić information content (AvgIpc) is 1.90. The van der Waals surface area contributed by atoms with Crippen molar-refractivity contribution < 1.29 is 61.2 Å². The molecule has 1 atom stereocenters. The van der Waals surface area contributed by atoms with Gasteiger partial charge >= 0.3 is 51.4 Å². The second-order valence-electron chi connectivity index (χ2n) is 2.57. The Kier molecular flexibility index (Phi) is 6.39. The van der Waals surface area contributed by atoms with E-state index in [-0.39, 0.29) is 51.4 Å². The van der Waals surface area contributed by atoms with Crippen molar-refractivity contribution in [1.29, 1.82) is 0 Å². The van der Waals surface area contributed by atoms with Gasteiger partial charge in [-0.25, -0.2) is 0 Å². The maximum Gasteiger partial charge on any atom is 1.00 e. The predicted octanol–water partition coefficient (Wildman–Crippen LogP) is -3.58. The van der Waals surface area contributed by atoms with E-state index in [0.29, 0.717) is 6.61 Å². The summed E-state index contributed by atoms with van der Waals surface area (Å²) in [7, 11) is -0.506. The van der Waals surface area contributed by atoms with Crippen molar-refractivity contribution in [3.05, 3.63) is 0 Å². The zero-order valence-electron chi connectivity index (χ0n) is 6.85. The Bertz CT molecular complexity index is 93.7. The first-order valence-electron chi connectivity index (χ1n) is 3.61. The summed E-state index contributed by atoms with van der Waals surface area (Å²) in [4.78, 5) is 0. The Morgan fingerprint density at radius 1 is 1.50 bits per heavy atom. The molecule has 1 aliphatic rings. The molecule has 1 fully saturated rings. The predicted molar refractivity (Wildman–Crippen MR) is 36.9 cm³/mol. The van der Waals surface area contributed by atoms with Crippen LogP contribution in [0.2, 0.25) is 6.55 Å². The molecule has 4 heteroatoms. The van der Waals surface area contributed by atoms with Crippen molar-refractivity contribution in [2.75, 3.05) is 6.61 Å². The molecule has 1 unspecified atom stereocenters. The molecule has 0 aliphatic carbocycles. The second kappa shape index (κ2) is 5.42. The van der Waals surface area contributed by atoms with Crippen molar-refractivity contribution in [1.82, 2.24) is 0 Å². The van der Waals surface area contributed by atoms with E-state index < -0.39 is 14.9 Å². The Morgan fingerprint density at radius 3 is 2.50 bits per heavy atom. The summed E-state index contributed by atoms with van der Waals surface area (Å²) in [6, 6.07) is 0. The molecule has 1 heterocycles. The van der Waals surface area contributed by atoms with Crippen LogP contribution in [0.25, 0.3) is 0 Å². The summed E-state index contributed by atoms with van der Waals surface area (Å²) in [5, 5.41) is 11.3. The Labute approximate surface area is 107 Å². The first-order chi connectivity index (χ1) is 4.27. The minimum atomic E-state index is -0.891. The summed E-state index contributed by atoms with van der Waals surface area (Å²) < 4.78 is 5.12. The molecule has 0 aromatic rings. The van der Waals surface area contributed by atoms with Crippen LogP contribution >= 0.6 is 0 Å². The van der Waals surface area contributed by atoms with Gasteiger partial charge in [-0.05, 0) is 18.3 Å². The van der Waals surface area contributed by atoms with E-state index >= 15 is 0 Å². The van der Waals surface area contributed by atoms with Crippen LogP contribution in [0.3, 0.4) is 0 Å². The third-order valence-corrected chi connectivity index (χ3v) is 3.49. The quantitative estimate of drug-likeness (QED) is 0.395. The molecular weight excluding hydrogens is 171 g/mol. The van der Waals surface area contributed by atoms with Crippen LogP contribution in [-0.2, 0) is 4.74 Å². The molecule has 0 saturated carbocycles.